The zero-order valence-corrected chi connectivity index (χ0v) is 12.0. The van der Waals surface area contributed by atoms with E-state index in [0.29, 0.717) is 10.6 Å². The number of carbonyl (C=O) groups excluding carboxylic acids is 1. The Labute approximate surface area is 124 Å². The minimum absolute atomic E-state index is 0.0526. The van der Waals surface area contributed by atoms with Crippen LogP contribution >= 0.6 is 11.6 Å². The molecule has 0 aromatic heterocycles. The summed E-state index contributed by atoms with van der Waals surface area (Å²) in [5, 5.41) is 3.77. The lowest BCUT2D eigenvalue weighted by Gasteiger charge is -2.06. The minimum atomic E-state index is -0.0526. The van der Waals surface area contributed by atoms with Crippen LogP contribution in [0.1, 0.15) is 22.8 Å². The molecule has 0 spiro atoms. The van der Waals surface area contributed by atoms with Crippen molar-refractivity contribution in [2.75, 3.05) is 5.32 Å². The second kappa shape index (κ2) is 6.92. The molecule has 0 amide bonds. The summed E-state index contributed by atoms with van der Waals surface area (Å²) < 4.78 is 0. The molecule has 2 aromatic rings. The average Bonchev–Trinajstić information content (AvgIpc) is 2.48. The molecule has 2 nitrogen and oxygen atoms in total. The fourth-order valence-electron chi connectivity index (χ4n) is 1.89. The topological polar surface area (TPSA) is 29.1 Å². The third kappa shape index (κ3) is 3.72. The summed E-state index contributed by atoms with van der Waals surface area (Å²) >= 11 is 5.79. The number of allylic oxidation sites excluding steroid dienone is 1. The van der Waals surface area contributed by atoms with E-state index in [4.69, 9.17) is 11.6 Å². The van der Waals surface area contributed by atoms with Crippen molar-refractivity contribution < 1.29 is 4.79 Å². The number of hydrogen-bond donors (Lipinski definition) is 1. The van der Waals surface area contributed by atoms with Crippen molar-refractivity contribution in [1.82, 2.24) is 0 Å². The van der Waals surface area contributed by atoms with E-state index in [1.807, 2.05) is 18.2 Å². The van der Waals surface area contributed by atoms with Crippen molar-refractivity contribution in [2.45, 2.75) is 13.3 Å². The maximum Gasteiger partial charge on any atom is 0.187 e. The molecule has 0 atom stereocenters. The van der Waals surface area contributed by atoms with Gasteiger partial charge >= 0.3 is 0 Å². The molecule has 0 saturated heterocycles. The van der Waals surface area contributed by atoms with E-state index in [9.17, 15) is 4.79 Å². The molecule has 2 rings (SSSR count). The van der Waals surface area contributed by atoms with E-state index < -0.39 is 0 Å². The Balaban J connectivity index is 2.03. The Morgan fingerprint density at radius 2 is 1.85 bits per heavy atom. The van der Waals surface area contributed by atoms with Gasteiger partial charge in [0.25, 0.3) is 0 Å². The van der Waals surface area contributed by atoms with Gasteiger partial charge in [0.2, 0.25) is 0 Å². The van der Waals surface area contributed by atoms with Crippen LogP contribution in [0, 0.1) is 0 Å². The summed E-state index contributed by atoms with van der Waals surface area (Å²) in [5.41, 5.74) is 2.86. The zero-order chi connectivity index (χ0) is 14.4. The smallest absolute Gasteiger partial charge is 0.187 e. The average molecular weight is 286 g/mol. The highest BCUT2D eigenvalue weighted by Crippen LogP contribution is 2.15. The number of halogens is 1. The van der Waals surface area contributed by atoms with Crippen LogP contribution in [0.3, 0.4) is 0 Å². The normalized spacial score (nSPS) is 10.7. The van der Waals surface area contributed by atoms with Crippen molar-refractivity contribution in [3.05, 3.63) is 77.0 Å². The van der Waals surface area contributed by atoms with Gasteiger partial charge < -0.3 is 5.32 Å². The number of ketones is 1. The molecule has 0 aliphatic carbocycles. The summed E-state index contributed by atoms with van der Waals surface area (Å²) in [7, 11) is 0. The van der Waals surface area contributed by atoms with Crippen LogP contribution in [-0.4, -0.2) is 5.78 Å². The minimum Gasteiger partial charge on any atom is -0.361 e. The molecule has 0 aliphatic rings. The Hall–Kier alpha value is -2.06. The van der Waals surface area contributed by atoms with Gasteiger partial charge in [-0.1, -0.05) is 36.7 Å². The van der Waals surface area contributed by atoms with Gasteiger partial charge in [0.15, 0.2) is 5.78 Å². The summed E-state index contributed by atoms with van der Waals surface area (Å²) in [6.45, 7) is 2.10. The lowest BCUT2D eigenvalue weighted by atomic mass is 10.1. The number of benzene rings is 2. The van der Waals surface area contributed by atoms with Crippen molar-refractivity contribution in [3.63, 3.8) is 0 Å². The van der Waals surface area contributed by atoms with Gasteiger partial charge in [-0.25, -0.2) is 0 Å². The number of rotatable bonds is 5. The van der Waals surface area contributed by atoms with E-state index in [-0.39, 0.29) is 5.78 Å². The molecule has 20 heavy (non-hydrogen) atoms. The van der Waals surface area contributed by atoms with Crippen LogP contribution in [-0.2, 0) is 6.42 Å². The molecule has 3 heteroatoms. The Kier molecular flexibility index (Phi) is 4.97. The van der Waals surface area contributed by atoms with E-state index >= 15 is 0 Å². The van der Waals surface area contributed by atoms with Crippen LogP contribution < -0.4 is 5.32 Å². The Morgan fingerprint density at radius 1 is 1.15 bits per heavy atom. The number of anilines is 1. The van der Waals surface area contributed by atoms with Crippen LogP contribution in [0.2, 0.25) is 5.02 Å². The maximum absolute atomic E-state index is 11.9. The van der Waals surface area contributed by atoms with Gasteiger partial charge in [-0.2, -0.15) is 0 Å². The molecular weight excluding hydrogens is 270 g/mol. The first-order valence-electron chi connectivity index (χ1n) is 6.51. The first-order chi connectivity index (χ1) is 9.70. The molecular formula is C17H16ClNO. The van der Waals surface area contributed by atoms with Gasteiger partial charge in [0.1, 0.15) is 0 Å². The summed E-state index contributed by atoms with van der Waals surface area (Å²) in [4.78, 5) is 11.9. The van der Waals surface area contributed by atoms with Gasteiger partial charge in [0, 0.05) is 28.5 Å². The number of hydrogen-bond acceptors (Lipinski definition) is 2. The number of para-hydroxylation sites is 1. The third-order valence-electron chi connectivity index (χ3n) is 3.00. The molecule has 2 aromatic carbocycles. The highest BCUT2D eigenvalue weighted by atomic mass is 35.5. The summed E-state index contributed by atoms with van der Waals surface area (Å²) in [6.07, 6.45) is 4.14. The summed E-state index contributed by atoms with van der Waals surface area (Å²) in [5.74, 6) is -0.0526. The second-order valence-electron chi connectivity index (χ2n) is 4.36. The van der Waals surface area contributed by atoms with Gasteiger partial charge in [0.05, 0.1) is 0 Å². The van der Waals surface area contributed by atoms with Crippen LogP contribution in [0.4, 0.5) is 5.69 Å². The standard InChI is InChI=1S/C17H16ClNO/c1-2-13-5-3-4-6-16(13)19-12-11-17(20)14-7-9-15(18)10-8-14/h3-12,19H,2H2,1H3/b12-11+. The highest BCUT2D eigenvalue weighted by molar-refractivity contribution is 6.30. The van der Waals surface area contributed by atoms with Gasteiger partial charge in [-0.05, 0) is 42.3 Å². The lowest BCUT2D eigenvalue weighted by Crippen LogP contribution is -1.97. The van der Waals surface area contributed by atoms with E-state index in [1.54, 1.807) is 30.5 Å². The maximum atomic E-state index is 11.9. The molecule has 1 N–H and O–H groups in total. The van der Waals surface area contributed by atoms with Gasteiger partial charge in [-0.15, -0.1) is 0 Å². The molecule has 0 unspecified atom stereocenters. The first kappa shape index (κ1) is 14.4. The van der Waals surface area contributed by atoms with Crippen molar-refractivity contribution in [3.8, 4) is 0 Å². The third-order valence-corrected chi connectivity index (χ3v) is 3.25. The fraction of sp³-hybridized carbons (Fsp3) is 0.118. The fourth-order valence-corrected chi connectivity index (χ4v) is 2.01. The summed E-state index contributed by atoms with van der Waals surface area (Å²) in [6, 6.07) is 14.9. The van der Waals surface area contributed by atoms with Gasteiger partial charge in [-0.3, -0.25) is 4.79 Å². The van der Waals surface area contributed by atoms with E-state index in [2.05, 4.69) is 18.3 Å². The molecule has 102 valence electrons. The molecule has 0 bridgehead atoms. The molecule has 0 aliphatic heterocycles. The van der Waals surface area contributed by atoms with Crippen LogP contribution in [0.25, 0.3) is 0 Å². The monoisotopic (exact) mass is 285 g/mol. The number of nitrogens with one attached hydrogen (secondary N) is 1. The van der Waals surface area contributed by atoms with E-state index in [0.717, 1.165) is 12.1 Å². The zero-order valence-electron chi connectivity index (χ0n) is 11.3. The van der Waals surface area contributed by atoms with Crippen molar-refractivity contribution >= 4 is 23.1 Å². The van der Waals surface area contributed by atoms with E-state index in [1.165, 1.54) is 11.6 Å². The SMILES string of the molecule is CCc1ccccc1N/C=C/C(=O)c1ccc(Cl)cc1. The number of carbonyl (C=O) groups is 1. The molecule has 0 radical (unpaired) electrons. The quantitative estimate of drug-likeness (QED) is 0.637. The molecule has 0 saturated carbocycles. The lowest BCUT2D eigenvalue weighted by molar-refractivity contribution is 0.104. The number of aryl methyl sites for hydroxylation is 1. The Morgan fingerprint density at radius 3 is 2.55 bits per heavy atom. The largest absolute Gasteiger partial charge is 0.361 e. The second-order valence-corrected chi connectivity index (χ2v) is 4.80. The van der Waals surface area contributed by atoms with Crippen LogP contribution in [0.15, 0.2) is 60.8 Å². The molecule has 0 fully saturated rings. The molecule has 0 heterocycles. The predicted molar refractivity (Wildman–Crippen MR) is 84.4 cm³/mol. The highest BCUT2D eigenvalue weighted by Gasteiger charge is 2.01. The van der Waals surface area contributed by atoms with Crippen molar-refractivity contribution in [1.29, 1.82) is 0 Å². The Bertz CT molecular complexity index is 617. The first-order valence-corrected chi connectivity index (χ1v) is 6.89. The van der Waals surface area contributed by atoms with Crippen LogP contribution in [0.5, 0.6) is 0 Å². The predicted octanol–water partition coefficient (Wildman–Crippen LogP) is 4.71. The van der Waals surface area contributed by atoms with Crippen molar-refractivity contribution in [2.24, 2.45) is 0 Å².